The second kappa shape index (κ2) is 22.1. The van der Waals surface area contributed by atoms with Gasteiger partial charge >= 0.3 is 17.9 Å². The zero-order chi connectivity index (χ0) is 33.7. The standard InChI is InChI=1S/C38H54O8/c1-5-7-8-9-10-11-12-13-14-15-16-17-18-19-20-24-33(41)45-35-31(27-40)23-21-22-30(26-39)25-32-34(29(4)38(43)44-32)36(35)46-37(42)28(3)6-2/h7-8,10-11,13-14,23,25,27-28,32,34-36,39H,4-6,9,12,15-22,24,26H2,1-3H3/b8-7+,11-10+,14-13+,30-25-,31-23-/t28-,32-,34+,35+,36+/m1/s1. The third-order valence-electron chi connectivity index (χ3n) is 8.38. The van der Waals surface area contributed by atoms with Crippen molar-refractivity contribution in [3.05, 3.63) is 71.9 Å². The molecule has 2 aliphatic rings. The Hall–Kier alpha value is -3.52. The molecule has 0 saturated carbocycles. The highest BCUT2D eigenvalue weighted by atomic mass is 16.6. The highest BCUT2D eigenvalue weighted by Gasteiger charge is 2.49. The smallest absolute Gasteiger partial charge is 0.334 e. The van der Waals surface area contributed by atoms with Gasteiger partial charge in [-0.2, -0.15) is 0 Å². The topological polar surface area (TPSA) is 116 Å². The molecule has 1 heterocycles. The average Bonchev–Trinajstić information content (AvgIpc) is 3.33. The summed E-state index contributed by atoms with van der Waals surface area (Å²) in [6.45, 7) is 9.32. The lowest BCUT2D eigenvalue weighted by Crippen LogP contribution is -2.46. The summed E-state index contributed by atoms with van der Waals surface area (Å²) in [7, 11) is 0. The second-order valence-corrected chi connectivity index (χ2v) is 12.0. The third-order valence-corrected chi connectivity index (χ3v) is 8.38. The normalized spacial score (nSPS) is 25.0. The summed E-state index contributed by atoms with van der Waals surface area (Å²) in [5.41, 5.74) is 0.802. The summed E-state index contributed by atoms with van der Waals surface area (Å²) in [5, 5.41) is 9.88. The Morgan fingerprint density at radius 2 is 1.70 bits per heavy atom. The predicted octanol–water partition coefficient (Wildman–Crippen LogP) is 7.38. The molecule has 0 amide bonds. The molecule has 8 nitrogen and oxygen atoms in total. The molecular weight excluding hydrogens is 584 g/mol. The lowest BCUT2D eigenvalue weighted by molar-refractivity contribution is -0.172. The predicted molar refractivity (Wildman–Crippen MR) is 180 cm³/mol. The molecule has 1 aliphatic heterocycles. The molecule has 0 spiro atoms. The summed E-state index contributed by atoms with van der Waals surface area (Å²) in [6, 6.07) is 0. The first-order valence-corrected chi connectivity index (χ1v) is 17.0. The maximum absolute atomic E-state index is 13.1. The fraction of sp³-hybridized carbons (Fsp3) is 0.579. The van der Waals surface area contributed by atoms with Gasteiger partial charge in [0.2, 0.25) is 0 Å². The molecule has 0 aromatic carbocycles. The molecule has 8 heteroatoms. The van der Waals surface area contributed by atoms with Crippen LogP contribution in [-0.4, -0.2) is 54.2 Å². The number of aliphatic hydroxyl groups excluding tert-OH is 1. The molecule has 1 aliphatic carbocycles. The minimum atomic E-state index is -1.24. The van der Waals surface area contributed by atoms with Crippen LogP contribution in [0.2, 0.25) is 0 Å². The summed E-state index contributed by atoms with van der Waals surface area (Å²) in [5.74, 6) is -3.10. The SMILES string of the molecule is C=C1C(=O)O[C@@H]2/C=C(\CO)CC/C=C(/C=O)[C@H](OC(=O)CCCCCCC/C=C/C/C=C/C/C=C/CC)[C@@H](OC(=O)[C@H](C)CC)[C@@H]12. The van der Waals surface area contributed by atoms with Crippen LogP contribution in [0.4, 0.5) is 0 Å². The average molecular weight is 639 g/mol. The number of esters is 3. The van der Waals surface area contributed by atoms with Crippen molar-refractivity contribution in [1.29, 1.82) is 0 Å². The van der Waals surface area contributed by atoms with Crippen molar-refractivity contribution in [2.45, 2.75) is 123 Å². The largest absolute Gasteiger partial charge is 0.457 e. The Balaban J connectivity index is 2.02. The molecule has 0 aromatic heterocycles. The lowest BCUT2D eigenvalue weighted by atomic mass is 9.83. The molecule has 0 radical (unpaired) electrons. The number of carbonyl (C=O) groups excluding carboxylic acids is 4. The molecule has 1 N–H and O–H groups in total. The summed E-state index contributed by atoms with van der Waals surface area (Å²) in [4.78, 5) is 51.2. The number of ether oxygens (including phenoxy) is 3. The molecule has 46 heavy (non-hydrogen) atoms. The van der Waals surface area contributed by atoms with E-state index < -0.39 is 48.1 Å². The first-order chi connectivity index (χ1) is 22.3. The van der Waals surface area contributed by atoms with E-state index in [1.807, 2.05) is 6.92 Å². The molecule has 254 valence electrons. The van der Waals surface area contributed by atoms with Crippen molar-refractivity contribution in [2.24, 2.45) is 11.8 Å². The van der Waals surface area contributed by atoms with Gasteiger partial charge in [0.1, 0.15) is 12.4 Å². The zero-order valence-corrected chi connectivity index (χ0v) is 28.0. The van der Waals surface area contributed by atoms with Gasteiger partial charge in [-0.05, 0) is 69.4 Å². The Morgan fingerprint density at radius 1 is 1.02 bits per heavy atom. The molecule has 0 unspecified atom stereocenters. The van der Waals surface area contributed by atoms with Gasteiger partial charge in [0.15, 0.2) is 12.2 Å². The Bertz CT molecular complexity index is 1160. The van der Waals surface area contributed by atoms with Crippen LogP contribution in [0.5, 0.6) is 0 Å². The fourth-order valence-electron chi connectivity index (χ4n) is 5.39. The van der Waals surface area contributed by atoms with Crippen LogP contribution in [0.3, 0.4) is 0 Å². The van der Waals surface area contributed by atoms with Crippen molar-refractivity contribution < 1.29 is 38.5 Å². The van der Waals surface area contributed by atoms with Gasteiger partial charge < -0.3 is 19.3 Å². The Kier molecular flexibility index (Phi) is 18.6. The van der Waals surface area contributed by atoms with Crippen LogP contribution in [0.1, 0.15) is 104 Å². The molecule has 1 fully saturated rings. The second-order valence-electron chi connectivity index (χ2n) is 12.0. The molecular formula is C38H54O8. The molecule has 0 aromatic rings. The summed E-state index contributed by atoms with van der Waals surface area (Å²) < 4.78 is 17.4. The van der Waals surface area contributed by atoms with Crippen LogP contribution >= 0.6 is 0 Å². The number of fused-ring (bicyclic) bond motifs is 1. The monoisotopic (exact) mass is 638 g/mol. The van der Waals surface area contributed by atoms with Crippen LogP contribution in [0.15, 0.2) is 71.9 Å². The number of unbranched alkanes of at least 4 members (excludes halogenated alkanes) is 5. The number of allylic oxidation sites excluding steroid dienone is 7. The van der Waals surface area contributed by atoms with Crippen LogP contribution in [0, 0.1) is 11.8 Å². The van der Waals surface area contributed by atoms with Crippen LogP contribution in [-0.2, 0) is 33.4 Å². The van der Waals surface area contributed by atoms with Gasteiger partial charge in [-0.15, -0.1) is 0 Å². The molecule has 2 rings (SSSR count). The molecule has 1 saturated heterocycles. The highest BCUT2D eigenvalue weighted by Crippen LogP contribution is 2.38. The maximum Gasteiger partial charge on any atom is 0.334 e. The van der Waals surface area contributed by atoms with Crippen molar-refractivity contribution in [3.8, 4) is 0 Å². The summed E-state index contributed by atoms with van der Waals surface area (Å²) >= 11 is 0. The Morgan fingerprint density at radius 3 is 2.37 bits per heavy atom. The third kappa shape index (κ3) is 13.1. The van der Waals surface area contributed by atoms with Gasteiger partial charge in [-0.1, -0.05) is 89.1 Å². The van der Waals surface area contributed by atoms with Gasteiger partial charge in [0.25, 0.3) is 0 Å². The van der Waals surface area contributed by atoms with E-state index in [9.17, 15) is 24.3 Å². The van der Waals surface area contributed by atoms with E-state index in [2.05, 4.69) is 50.0 Å². The van der Waals surface area contributed by atoms with Crippen molar-refractivity contribution in [1.82, 2.24) is 0 Å². The van der Waals surface area contributed by atoms with E-state index in [-0.39, 0.29) is 24.2 Å². The van der Waals surface area contributed by atoms with Gasteiger partial charge in [0.05, 0.1) is 18.4 Å². The number of aliphatic hydroxyl groups is 1. The Labute approximate surface area is 275 Å². The quantitative estimate of drug-likeness (QED) is 0.0389. The summed E-state index contributed by atoms with van der Waals surface area (Å²) in [6.07, 6.45) is 23.7. The van der Waals surface area contributed by atoms with Gasteiger partial charge in [-0.3, -0.25) is 14.4 Å². The van der Waals surface area contributed by atoms with Gasteiger partial charge in [0, 0.05) is 17.6 Å². The first kappa shape index (κ1) is 38.7. The maximum atomic E-state index is 13.1. The zero-order valence-electron chi connectivity index (χ0n) is 28.0. The van der Waals surface area contributed by atoms with Crippen molar-refractivity contribution in [2.75, 3.05) is 6.61 Å². The minimum Gasteiger partial charge on any atom is -0.457 e. The highest BCUT2D eigenvalue weighted by molar-refractivity contribution is 5.91. The number of carbonyl (C=O) groups is 4. The van der Waals surface area contributed by atoms with Crippen LogP contribution in [0.25, 0.3) is 0 Å². The van der Waals surface area contributed by atoms with Gasteiger partial charge in [-0.25, -0.2) is 4.79 Å². The van der Waals surface area contributed by atoms with Crippen molar-refractivity contribution >= 4 is 24.2 Å². The van der Waals surface area contributed by atoms with E-state index >= 15 is 0 Å². The van der Waals surface area contributed by atoms with Crippen LogP contribution < -0.4 is 0 Å². The first-order valence-electron chi connectivity index (χ1n) is 17.0. The number of hydrogen-bond donors (Lipinski definition) is 1. The fourth-order valence-corrected chi connectivity index (χ4v) is 5.39. The van der Waals surface area contributed by atoms with E-state index in [0.717, 1.165) is 51.4 Å². The minimum absolute atomic E-state index is 0.0542. The number of aldehydes is 1. The van der Waals surface area contributed by atoms with E-state index in [1.165, 1.54) is 0 Å². The number of hydrogen-bond acceptors (Lipinski definition) is 8. The van der Waals surface area contributed by atoms with E-state index in [4.69, 9.17) is 14.2 Å². The lowest BCUT2D eigenvalue weighted by Gasteiger charge is -2.33. The van der Waals surface area contributed by atoms with E-state index in [1.54, 1.807) is 19.1 Å². The molecule has 0 bridgehead atoms. The van der Waals surface area contributed by atoms with E-state index in [0.29, 0.717) is 37.5 Å². The molecule has 5 atom stereocenters. The van der Waals surface area contributed by atoms with Crippen molar-refractivity contribution in [3.63, 3.8) is 0 Å². The number of rotatable bonds is 19.